The second-order valence-electron chi connectivity index (χ2n) is 9.55. The molecule has 34 heavy (non-hydrogen) atoms. The predicted octanol–water partition coefficient (Wildman–Crippen LogP) is 5.49. The number of hydrogen-bond donors (Lipinski definition) is 1. The van der Waals surface area contributed by atoms with E-state index in [0.717, 1.165) is 55.3 Å². The van der Waals surface area contributed by atoms with Crippen LogP contribution in [0.15, 0.2) is 47.0 Å². The summed E-state index contributed by atoms with van der Waals surface area (Å²) in [6.45, 7) is 1.92. The van der Waals surface area contributed by atoms with Crippen LogP contribution >= 0.6 is 11.6 Å². The van der Waals surface area contributed by atoms with Crippen molar-refractivity contribution in [2.75, 3.05) is 13.1 Å². The summed E-state index contributed by atoms with van der Waals surface area (Å²) in [5, 5.41) is 13.7. The fourth-order valence-corrected chi connectivity index (χ4v) is 5.69. The first-order valence-corrected chi connectivity index (χ1v) is 12.1. The minimum atomic E-state index is -0.723. The largest absolute Gasteiger partial charge is 0.481 e. The Bertz CT molecular complexity index is 1170. The molecule has 5 rings (SSSR count). The maximum atomic E-state index is 13.6. The number of nitrogens with zero attached hydrogens (tertiary/aromatic N) is 3. The molecular weight excluding hydrogens is 457 g/mol. The zero-order chi connectivity index (χ0) is 23.7. The third-order valence-electron chi connectivity index (χ3n) is 7.27. The summed E-state index contributed by atoms with van der Waals surface area (Å²) >= 11 is 6.42. The van der Waals surface area contributed by atoms with Crippen molar-refractivity contribution in [3.05, 3.63) is 70.3 Å². The molecule has 0 spiro atoms. The summed E-state index contributed by atoms with van der Waals surface area (Å²) < 4.78 is 19.1. The first kappa shape index (κ1) is 23.0. The first-order valence-electron chi connectivity index (χ1n) is 11.7. The first-order chi connectivity index (χ1) is 16.4. The number of carbonyl (C=O) groups is 1. The van der Waals surface area contributed by atoms with Gasteiger partial charge in [0.2, 0.25) is 11.7 Å². The topological polar surface area (TPSA) is 79.5 Å². The van der Waals surface area contributed by atoms with Gasteiger partial charge in [0.15, 0.2) is 0 Å². The van der Waals surface area contributed by atoms with Crippen LogP contribution in [-0.4, -0.2) is 39.2 Å². The van der Waals surface area contributed by atoms with Gasteiger partial charge in [0.05, 0.1) is 5.92 Å². The molecule has 1 saturated carbocycles. The maximum Gasteiger partial charge on any atom is 0.309 e. The zero-order valence-corrected chi connectivity index (χ0v) is 19.6. The van der Waals surface area contributed by atoms with Crippen molar-refractivity contribution in [3.8, 4) is 11.4 Å². The summed E-state index contributed by atoms with van der Waals surface area (Å²) in [6, 6.07) is 12.7. The Labute approximate surface area is 202 Å². The van der Waals surface area contributed by atoms with E-state index in [-0.39, 0.29) is 17.2 Å². The van der Waals surface area contributed by atoms with Crippen molar-refractivity contribution in [1.82, 2.24) is 15.0 Å². The number of aryl methyl sites for hydroxylation is 1. The van der Waals surface area contributed by atoms with E-state index in [1.54, 1.807) is 0 Å². The Hall–Kier alpha value is -2.77. The predicted molar refractivity (Wildman–Crippen MR) is 126 cm³/mol. The van der Waals surface area contributed by atoms with Crippen molar-refractivity contribution in [2.45, 2.75) is 50.5 Å². The lowest BCUT2D eigenvalue weighted by molar-refractivity contribution is -0.147. The summed E-state index contributed by atoms with van der Waals surface area (Å²) in [7, 11) is 0. The highest BCUT2D eigenvalue weighted by atomic mass is 35.5. The molecule has 1 N–H and O–H groups in total. The van der Waals surface area contributed by atoms with Gasteiger partial charge in [0.1, 0.15) is 5.82 Å². The van der Waals surface area contributed by atoms with E-state index in [2.05, 4.69) is 15.0 Å². The Morgan fingerprint density at radius 2 is 1.91 bits per heavy atom. The Kier molecular flexibility index (Phi) is 6.40. The number of carboxylic acid groups (broad SMARTS) is 1. The van der Waals surface area contributed by atoms with E-state index in [0.29, 0.717) is 36.2 Å². The van der Waals surface area contributed by atoms with Gasteiger partial charge in [-0.15, -0.1) is 0 Å². The van der Waals surface area contributed by atoms with E-state index in [1.165, 1.54) is 12.1 Å². The van der Waals surface area contributed by atoms with Gasteiger partial charge in [0.25, 0.3) is 0 Å². The molecule has 1 aromatic heterocycles. The fraction of sp³-hybridized carbons (Fsp3) is 0.423. The highest BCUT2D eigenvalue weighted by Gasteiger charge is 2.37. The van der Waals surface area contributed by atoms with Crippen molar-refractivity contribution in [3.63, 3.8) is 0 Å². The lowest BCUT2D eigenvalue weighted by Crippen LogP contribution is -2.49. The summed E-state index contributed by atoms with van der Waals surface area (Å²) in [5.74, 6) is -0.150. The normalized spacial score (nSPS) is 18.2. The molecule has 178 valence electrons. The third kappa shape index (κ3) is 4.72. The zero-order valence-electron chi connectivity index (χ0n) is 18.8. The second-order valence-corrected chi connectivity index (χ2v) is 9.96. The molecule has 2 heterocycles. The van der Waals surface area contributed by atoms with E-state index >= 15 is 0 Å². The fourth-order valence-electron chi connectivity index (χ4n) is 5.32. The minimum absolute atomic E-state index is 0.0857. The number of hydrogen-bond acceptors (Lipinski definition) is 5. The Morgan fingerprint density at radius 3 is 2.59 bits per heavy atom. The maximum absolute atomic E-state index is 13.6. The summed E-state index contributed by atoms with van der Waals surface area (Å²) in [5.41, 5.74) is 2.93. The summed E-state index contributed by atoms with van der Waals surface area (Å²) in [6.07, 6.45) is 5.76. The molecule has 2 fully saturated rings. The monoisotopic (exact) mass is 483 g/mol. The third-order valence-corrected chi connectivity index (χ3v) is 7.59. The summed E-state index contributed by atoms with van der Waals surface area (Å²) in [4.78, 5) is 17.7. The Balaban J connectivity index is 1.22. The molecule has 3 aromatic rings. The van der Waals surface area contributed by atoms with Crippen molar-refractivity contribution < 1.29 is 18.8 Å². The molecule has 1 aliphatic heterocycles. The van der Waals surface area contributed by atoms with Crippen LogP contribution in [0.3, 0.4) is 0 Å². The smallest absolute Gasteiger partial charge is 0.309 e. The van der Waals surface area contributed by atoms with Gasteiger partial charge in [-0.05, 0) is 47.9 Å². The molecule has 0 atom stereocenters. The van der Waals surface area contributed by atoms with Gasteiger partial charge in [-0.1, -0.05) is 59.9 Å². The molecule has 2 aromatic carbocycles. The molecule has 2 aliphatic rings. The SMILES string of the molecule is O=C(O)C1CN(Cc2ccc(-c3noc(CCC4(c5ccc(F)cc5Cl)CCCC4)n3)cc2)C1. The van der Waals surface area contributed by atoms with Gasteiger partial charge in [-0.3, -0.25) is 9.69 Å². The van der Waals surface area contributed by atoms with E-state index < -0.39 is 5.97 Å². The van der Waals surface area contributed by atoms with E-state index in [4.69, 9.17) is 21.2 Å². The van der Waals surface area contributed by atoms with Gasteiger partial charge in [-0.2, -0.15) is 4.98 Å². The minimum Gasteiger partial charge on any atom is -0.481 e. The van der Waals surface area contributed by atoms with Crippen LogP contribution in [-0.2, 0) is 23.2 Å². The molecular formula is C26H27ClFN3O3. The number of aromatic nitrogens is 2. The molecule has 0 amide bonds. The van der Waals surface area contributed by atoms with Crippen LogP contribution in [0, 0.1) is 11.7 Å². The van der Waals surface area contributed by atoms with Crippen LogP contribution < -0.4 is 0 Å². The van der Waals surface area contributed by atoms with E-state index in [9.17, 15) is 9.18 Å². The van der Waals surface area contributed by atoms with Gasteiger partial charge < -0.3 is 9.63 Å². The average Bonchev–Trinajstić information content (AvgIpc) is 3.45. The van der Waals surface area contributed by atoms with Crippen LogP contribution in [0.5, 0.6) is 0 Å². The van der Waals surface area contributed by atoms with Crippen LogP contribution in [0.4, 0.5) is 4.39 Å². The standard InChI is InChI=1S/C26H27ClFN3O3/c27-22-13-20(28)7-8-21(22)26(10-1-2-11-26)12-9-23-29-24(30-34-23)18-5-3-17(4-6-18)14-31-15-19(16-31)25(32)33/h3-8,13,19H,1-2,9-12,14-16H2,(H,32,33). The van der Waals surface area contributed by atoms with Crippen molar-refractivity contribution in [1.29, 1.82) is 0 Å². The van der Waals surface area contributed by atoms with Gasteiger partial charge in [0, 0.05) is 36.6 Å². The van der Waals surface area contributed by atoms with Crippen molar-refractivity contribution in [2.24, 2.45) is 5.92 Å². The number of carboxylic acids is 1. The number of halogens is 2. The van der Waals surface area contributed by atoms with Crippen LogP contribution in [0.1, 0.15) is 49.1 Å². The molecule has 0 unspecified atom stereocenters. The molecule has 0 bridgehead atoms. The number of benzene rings is 2. The molecule has 1 saturated heterocycles. The lowest BCUT2D eigenvalue weighted by Gasteiger charge is -2.36. The highest BCUT2D eigenvalue weighted by Crippen LogP contribution is 2.47. The Morgan fingerprint density at radius 1 is 1.18 bits per heavy atom. The molecule has 6 nitrogen and oxygen atoms in total. The quantitative estimate of drug-likeness (QED) is 0.456. The average molecular weight is 484 g/mol. The number of rotatable bonds is 8. The number of aliphatic carboxylic acids is 1. The lowest BCUT2D eigenvalue weighted by atomic mass is 9.75. The van der Waals surface area contributed by atoms with Crippen LogP contribution in [0.2, 0.25) is 5.02 Å². The van der Waals surface area contributed by atoms with Gasteiger partial charge >= 0.3 is 5.97 Å². The number of likely N-dealkylation sites (tertiary alicyclic amines) is 1. The van der Waals surface area contributed by atoms with Gasteiger partial charge in [-0.25, -0.2) is 4.39 Å². The molecule has 8 heteroatoms. The highest BCUT2D eigenvalue weighted by molar-refractivity contribution is 6.31. The second kappa shape index (κ2) is 9.47. The van der Waals surface area contributed by atoms with Crippen molar-refractivity contribution >= 4 is 17.6 Å². The molecule has 1 aliphatic carbocycles. The van der Waals surface area contributed by atoms with E-state index in [1.807, 2.05) is 30.3 Å². The molecule has 0 radical (unpaired) electrons. The van der Waals surface area contributed by atoms with Crippen LogP contribution in [0.25, 0.3) is 11.4 Å².